The van der Waals surface area contributed by atoms with Gasteiger partial charge in [-0.2, -0.15) is 0 Å². The maximum absolute atomic E-state index is 11.7. The SMILES string of the molecule is O=C(NOC(=O)C1CC=CCC1)OCc1ccccc1. The van der Waals surface area contributed by atoms with Gasteiger partial charge < -0.3 is 9.57 Å². The van der Waals surface area contributed by atoms with Crippen molar-refractivity contribution in [3.8, 4) is 0 Å². The molecule has 1 unspecified atom stereocenters. The molecule has 1 atom stereocenters. The third-order valence-corrected chi connectivity index (χ3v) is 3.05. The van der Waals surface area contributed by atoms with E-state index in [0.29, 0.717) is 6.42 Å². The number of hydroxylamine groups is 1. The summed E-state index contributed by atoms with van der Waals surface area (Å²) < 4.78 is 4.92. The lowest BCUT2D eigenvalue weighted by Gasteiger charge is -2.15. The molecule has 5 nitrogen and oxygen atoms in total. The van der Waals surface area contributed by atoms with E-state index in [1.165, 1.54) is 0 Å². The van der Waals surface area contributed by atoms with Crippen molar-refractivity contribution in [1.82, 2.24) is 5.48 Å². The predicted molar refractivity (Wildman–Crippen MR) is 72.3 cm³/mol. The van der Waals surface area contributed by atoms with Crippen LogP contribution in [0.4, 0.5) is 4.79 Å². The minimum atomic E-state index is -0.770. The lowest BCUT2D eigenvalue weighted by molar-refractivity contribution is -0.155. The molecule has 0 fully saturated rings. The standard InChI is InChI=1S/C15H17NO4/c17-14(13-9-5-2-6-10-13)20-16-15(18)19-11-12-7-3-1-4-8-12/h1-5,7-8,13H,6,9-11H2,(H,16,18). The van der Waals surface area contributed by atoms with E-state index >= 15 is 0 Å². The minimum Gasteiger partial charge on any atom is -0.443 e. The second kappa shape index (κ2) is 7.33. The van der Waals surface area contributed by atoms with E-state index < -0.39 is 12.1 Å². The van der Waals surface area contributed by atoms with Crippen LogP contribution in [0.15, 0.2) is 42.5 Å². The molecule has 0 saturated carbocycles. The average Bonchev–Trinajstić information content (AvgIpc) is 2.52. The molecule has 2 rings (SSSR count). The second-order valence-electron chi connectivity index (χ2n) is 4.57. The van der Waals surface area contributed by atoms with Crippen molar-refractivity contribution >= 4 is 12.1 Å². The fourth-order valence-corrected chi connectivity index (χ4v) is 1.94. The number of carbonyl (C=O) groups is 2. The van der Waals surface area contributed by atoms with Crippen LogP contribution in [-0.4, -0.2) is 12.1 Å². The van der Waals surface area contributed by atoms with E-state index in [-0.39, 0.29) is 12.5 Å². The van der Waals surface area contributed by atoms with Gasteiger partial charge in [0.1, 0.15) is 6.61 Å². The van der Waals surface area contributed by atoms with Crippen molar-refractivity contribution in [1.29, 1.82) is 0 Å². The monoisotopic (exact) mass is 275 g/mol. The molecule has 0 saturated heterocycles. The molecule has 0 spiro atoms. The van der Waals surface area contributed by atoms with Crippen molar-refractivity contribution in [2.45, 2.75) is 25.9 Å². The maximum Gasteiger partial charge on any atom is 0.441 e. The van der Waals surface area contributed by atoms with Crippen LogP contribution in [0, 0.1) is 5.92 Å². The molecule has 1 aliphatic rings. The highest BCUT2D eigenvalue weighted by atomic mass is 16.7. The summed E-state index contributed by atoms with van der Waals surface area (Å²) in [5.74, 6) is -0.611. The summed E-state index contributed by atoms with van der Waals surface area (Å²) in [6.07, 6.45) is 5.47. The zero-order chi connectivity index (χ0) is 14.2. The van der Waals surface area contributed by atoms with Crippen LogP contribution in [0.25, 0.3) is 0 Å². The van der Waals surface area contributed by atoms with Gasteiger partial charge in [-0.15, -0.1) is 5.48 Å². The smallest absolute Gasteiger partial charge is 0.441 e. The van der Waals surface area contributed by atoms with Gasteiger partial charge in [-0.3, -0.25) is 0 Å². The van der Waals surface area contributed by atoms with Gasteiger partial charge in [-0.05, 0) is 24.8 Å². The fourth-order valence-electron chi connectivity index (χ4n) is 1.94. The number of allylic oxidation sites excluding steroid dienone is 2. The Balaban J connectivity index is 1.67. The molecule has 0 aliphatic heterocycles. The van der Waals surface area contributed by atoms with Crippen molar-refractivity contribution in [3.05, 3.63) is 48.0 Å². The third-order valence-electron chi connectivity index (χ3n) is 3.05. The molecule has 106 valence electrons. The van der Waals surface area contributed by atoms with Gasteiger partial charge in [0.25, 0.3) is 0 Å². The second-order valence-corrected chi connectivity index (χ2v) is 4.57. The van der Waals surface area contributed by atoms with E-state index in [1.54, 1.807) is 0 Å². The van der Waals surface area contributed by atoms with Crippen LogP contribution in [0.5, 0.6) is 0 Å². The molecule has 1 N–H and O–H groups in total. The van der Waals surface area contributed by atoms with Crippen LogP contribution < -0.4 is 5.48 Å². The average molecular weight is 275 g/mol. The molecule has 0 aromatic heterocycles. The Bertz CT molecular complexity index is 484. The van der Waals surface area contributed by atoms with Gasteiger partial charge >= 0.3 is 12.1 Å². The van der Waals surface area contributed by atoms with E-state index in [4.69, 9.17) is 9.57 Å². The Kier molecular flexibility index (Phi) is 5.17. The summed E-state index contributed by atoms with van der Waals surface area (Å²) in [5, 5.41) is 0. The van der Waals surface area contributed by atoms with Crippen molar-refractivity contribution in [2.75, 3.05) is 0 Å². The molecule has 1 amide bonds. The summed E-state index contributed by atoms with van der Waals surface area (Å²) in [6.45, 7) is 0.135. The number of amides is 1. The molecule has 0 bridgehead atoms. The number of hydrogen-bond acceptors (Lipinski definition) is 4. The molecule has 1 aliphatic carbocycles. The number of carbonyl (C=O) groups excluding carboxylic acids is 2. The first-order chi connectivity index (χ1) is 9.75. The van der Waals surface area contributed by atoms with E-state index in [1.807, 2.05) is 48.0 Å². The normalized spacial score (nSPS) is 17.3. The van der Waals surface area contributed by atoms with Gasteiger partial charge in [0, 0.05) is 0 Å². The number of nitrogens with one attached hydrogen (secondary N) is 1. The van der Waals surface area contributed by atoms with Gasteiger partial charge in [-0.25, -0.2) is 9.59 Å². The summed E-state index contributed by atoms with van der Waals surface area (Å²) >= 11 is 0. The Morgan fingerprint density at radius 2 is 2.00 bits per heavy atom. The molecule has 0 radical (unpaired) electrons. The highest BCUT2D eigenvalue weighted by Crippen LogP contribution is 2.18. The first kappa shape index (κ1) is 14.1. The van der Waals surface area contributed by atoms with Crippen LogP contribution in [0.3, 0.4) is 0 Å². The largest absolute Gasteiger partial charge is 0.443 e. The fraction of sp³-hybridized carbons (Fsp3) is 0.333. The molecule has 0 heterocycles. The van der Waals surface area contributed by atoms with E-state index in [9.17, 15) is 9.59 Å². The summed E-state index contributed by atoms with van der Waals surface area (Å²) in [6, 6.07) is 9.27. The number of rotatable bonds is 3. The molecular weight excluding hydrogens is 258 g/mol. The summed E-state index contributed by atoms with van der Waals surface area (Å²) in [4.78, 5) is 27.8. The molecule has 20 heavy (non-hydrogen) atoms. The van der Waals surface area contributed by atoms with Gasteiger partial charge in [-0.1, -0.05) is 42.5 Å². The first-order valence-electron chi connectivity index (χ1n) is 6.58. The van der Waals surface area contributed by atoms with Crippen LogP contribution in [0.2, 0.25) is 0 Å². The van der Waals surface area contributed by atoms with Gasteiger partial charge in [0.05, 0.1) is 5.92 Å². The molecule has 5 heteroatoms. The first-order valence-corrected chi connectivity index (χ1v) is 6.58. The topological polar surface area (TPSA) is 64.6 Å². The van der Waals surface area contributed by atoms with Crippen molar-refractivity contribution in [2.24, 2.45) is 5.92 Å². The van der Waals surface area contributed by atoms with Crippen molar-refractivity contribution in [3.63, 3.8) is 0 Å². The molecule has 1 aromatic rings. The summed E-state index contributed by atoms with van der Waals surface area (Å²) in [7, 11) is 0. The van der Waals surface area contributed by atoms with Gasteiger partial charge in [0.15, 0.2) is 0 Å². The Labute approximate surface area is 117 Å². The third kappa shape index (κ3) is 4.42. The quantitative estimate of drug-likeness (QED) is 0.680. The molecule has 1 aromatic carbocycles. The van der Waals surface area contributed by atoms with Crippen molar-refractivity contribution < 1.29 is 19.2 Å². The predicted octanol–water partition coefficient (Wildman–Crippen LogP) is 2.73. The highest BCUT2D eigenvalue weighted by Gasteiger charge is 2.21. The highest BCUT2D eigenvalue weighted by molar-refractivity contribution is 5.75. The molecular formula is C15H17NO4. The van der Waals surface area contributed by atoms with Gasteiger partial charge in [0.2, 0.25) is 0 Å². The zero-order valence-electron chi connectivity index (χ0n) is 11.1. The number of hydrogen-bond donors (Lipinski definition) is 1. The van der Waals surface area contributed by atoms with Crippen LogP contribution in [0.1, 0.15) is 24.8 Å². The Hall–Kier alpha value is -2.30. The van der Waals surface area contributed by atoms with Crippen LogP contribution >= 0.6 is 0 Å². The van der Waals surface area contributed by atoms with E-state index in [0.717, 1.165) is 18.4 Å². The number of benzene rings is 1. The Morgan fingerprint density at radius 1 is 1.20 bits per heavy atom. The Morgan fingerprint density at radius 3 is 2.70 bits per heavy atom. The number of ether oxygens (including phenoxy) is 1. The van der Waals surface area contributed by atoms with E-state index in [2.05, 4.69) is 0 Å². The lowest BCUT2D eigenvalue weighted by Crippen LogP contribution is -2.31. The minimum absolute atomic E-state index is 0.135. The summed E-state index contributed by atoms with van der Waals surface area (Å²) in [5.41, 5.74) is 2.88. The zero-order valence-corrected chi connectivity index (χ0v) is 11.1. The lowest BCUT2D eigenvalue weighted by atomic mass is 9.95. The van der Waals surface area contributed by atoms with Crippen LogP contribution in [-0.2, 0) is 21.0 Å². The maximum atomic E-state index is 11.7.